The summed E-state index contributed by atoms with van der Waals surface area (Å²) < 4.78 is 34.5. The Morgan fingerprint density at radius 1 is 1.29 bits per heavy atom. The van der Waals surface area contributed by atoms with Crippen LogP contribution in [0.1, 0.15) is 32.3 Å². The van der Waals surface area contributed by atoms with Crippen LogP contribution in [0.15, 0.2) is 18.2 Å². The number of halogens is 2. The van der Waals surface area contributed by atoms with Crippen LogP contribution in [-0.4, -0.2) is 38.1 Å². The summed E-state index contributed by atoms with van der Waals surface area (Å²) >= 11 is 0. The Morgan fingerprint density at radius 2 is 1.92 bits per heavy atom. The third-order valence-corrected chi connectivity index (χ3v) is 4.41. The second-order valence-corrected chi connectivity index (χ2v) is 5.72. The third-order valence-electron chi connectivity index (χ3n) is 4.41. The molecule has 1 aromatic rings. The van der Waals surface area contributed by atoms with E-state index in [1.165, 1.54) is 13.2 Å². The number of carbonyl (C=O) groups excluding carboxylic acids is 1. The monoisotopic (exact) mass is 344 g/mol. The number of rotatable bonds is 9. The van der Waals surface area contributed by atoms with Crippen molar-refractivity contribution < 1.29 is 23.0 Å². The summed E-state index contributed by atoms with van der Waals surface area (Å²) in [6, 6.07) is 4.71. The van der Waals surface area contributed by atoms with Gasteiger partial charge in [0.25, 0.3) is 0 Å². The predicted octanol–water partition coefficient (Wildman–Crippen LogP) is 3.02. The summed E-state index contributed by atoms with van der Waals surface area (Å²) in [4.78, 5) is 14.3. The minimum atomic E-state index is -2.95. The number of amides is 1. The lowest BCUT2D eigenvalue weighted by atomic mass is 9.81. The van der Waals surface area contributed by atoms with Crippen molar-refractivity contribution in [3.8, 4) is 11.5 Å². The Balaban J connectivity index is 2.97. The van der Waals surface area contributed by atoms with Crippen LogP contribution >= 0.6 is 0 Å². The number of methoxy groups -OCH3 is 1. The molecule has 1 aromatic carbocycles. The van der Waals surface area contributed by atoms with E-state index in [4.69, 9.17) is 10.5 Å². The Morgan fingerprint density at radius 3 is 2.38 bits per heavy atom. The highest BCUT2D eigenvalue weighted by Crippen LogP contribution is 2.31. The van der Waals surface area contributed by atoms with E-state index < -0.39 is 12.0 Å². The quantitative estimate of drug-likeness (QED) is 0.748. The van der Waals surface area contributed by atoms with Gasteiger partial charge in [-0.15, -0.1) is 0 Å². The molecule has 0 aliphatic rings. The smallest absolute Gasteiger partial charge is 0.387 e. The minimum Gasteiger partial charge on any atom is -0.493 e. The zero-order chi connectivity index (χ0) is 18.3. The number of hydrogen-bond acceptors (Lipinski definition) is 4. The number of hydrogen-bond donors (Lipinski definition) is 1. The average Bonchev–Trinajstić information content (AvgIpc) is 2.56. The second-order valence-electron chi connectivity index (χ2n) is 5.72. The first kappa shape index (κ1) is 20.2. The van der Waals surface area contributed by atoms with Gasteiger partial charge in [0.15, 0.2) is 11.5 Å². The zero-order valence-corrected chi connectivity index (χ0v) is 14.6. The maximum atomic E-state index is 12.7. The van der Waals surface area contributed by atoms with E-state index in [-0.39, 0.29) is 30.5 Å². The van der Waals surface area contributed by atoms with Gasteiger partial charge in [-0.3, -0.25) is 4.79 Å². The molecular weight excluding hydrogens is 318 g/mol. The van der Waals surface area contributed by atoms with Gasteiger partial charge in [-0.05, 0) is 30.5 Å². The largest absolute Gasteiger partial charge is 0.493 e. The highest BCUT2D eigenvalue weighted by atomic mass is 19.3. The lowest BCUT2D eigenvalue weighted by Crippen LogP contribution is -2.45. The van der Waals surface area contributed by atoms with Crippen LogP contribution < -0.4 is 15.2 Å². The fourth-order valence-electron chi connectivity index (χ4n) is 2.69. The van der Waals surface area contributed by atoms with Crippen LogP contribution in [0, 0.1) is 5.41 Å². The first-order chi connectivity index (χ1) is 11.3. The van der Waals surface area contributed by atoms with Gasteiger partial charge in [-0.2, -0.15) is 8.78 Å². The van der Waals surface area contributed by atoms with Gasteiger partial charge in [0.1, 0.15) is 0 Å². The number of nitrogens with two attached hydrogens (primary N) is 1. The van der Waals surface area contributed by atoms with E-state index in [0.717, 1.165) is 0 Å². The number of nitrogens with zero attached hydrogens (tertiary/aromatic N) is 1. The molecule has 0 saturated heterocycles. The van der Waals surface area contributed by atoms with Crippen molar-refractivity contribution in [2.24, 2.45) is 11.1 Å². The van der Waals surface area contributed by atoms with Gasteiger partial charge in [0.2, 0.25) is 5.91 Å². The molecule has 1 amide bonds. The molecule has 0 atom stereocenters. The lowest BCUT2D eigenvalue weighted by Gasteiger charge is -2.33. The summed E-state index contributed by atoms with van der Waals surface area (Å²) in [6.07, 6.45) is 1.29. The molecule has 0 aliphatic heterocycles. The molecule has 0 spiro atoms. The van der Waals surface area contributed by atoms with Crippen molar-refractivity contribution >= 4 is 5.91 Å². The zero-order valence-electron chi connectivity index (χ0n) is 14.6. The van der Waals surface area contributed by atoms with Crippen LogP contribution in [0.4, 0.5) is 8.78 Å². The molecule has 7 heteroatoms. The summed E-state index contributed by atoms with van der Waals surface area (Å²) in [5, 5.41) is 0. The molecule has 0 heterocycles. The number of alkyl halides is 2. The summed E-state index contributed by atoms with van der Waals surface area (Å²) in [6.45, 7) is 1.46. The molecule has 0 bridgehead atoms. The second kappa shape index (κ2) is 8.82. The summed E-state index contributed by atoms with van der Waals surface area (Å²) in [7, 11) is 3.05. The molecule has 0 aliphatic carbocycles. The third kappa shape index (κ3) is 4.56. The number of carbonyl (C=O) groups is 1. The highest BCUT2D eigenvalue weighted by Gasteiger charge is 2.35. The van der Waals surface area contributed by atoms with E-state index >= 15 is 0 Å². The van der Waals surface area contributed by atoms with Gasteiger partial charge >= 0.3 is 6.61 Å². The fourth-order valence-corrected chi connectivity index (χ4v) is 2.69. The van der Waals surface area contributed by atoms with Crippen molar-refractivity contribution in [1.29, 1.82) is 0 Å². The van der Waals surface area contributed by atoms with Gasteiger partial charge < -0.3 is 20.1 Å². The van der Waals surface area contributed by atoms with Crippen molar-refractivity contribution in [3.63, 3.8) is 0 Å². The Labute approximate surface area is 141 Å². The van der Waals surface area contributed by atoms with Crippen molar-refractivity contribution in [2.75, 3.05) is 20.7 Å². The van der Waals surface area contributed by atoms with E-state index in [1.807, 2.05) is 13.8 Å². The van der Waals surface area contributed by atoms with Crippen molar-refractivity contribution in [3.05, 3.63) is 23.8 Å². The van der Waals surface area contributed by atoms with Crippen molar-refractivity contribution in [1.82, 2.24) is 4.90 Å². The summed E-state index contributed by atoms with van der Waals surface area (Å²) in [5.74, 6) is 0.107. The predicted molar refractivity (Wildman–Crippen MR) is 88.2 cm³/mol. The first-order valence-electron chi connectivity index (χ1n) is 7.90. The van der Waals surface area contributed by atoms with E-state index in [0.29, 0.717) is 18.4 Å². The molecule has 0 unspecified atom stereocenters. The van der Waals surface area contributed by atoms with Gasteiger partial charge in [0.05, 0.1) is 12.5 Å². The molecule has 5 nitrogen and oxygen atoms in total. The Kier molecular flexibility index (Phi) is 7.41. The average molecular weight is 344 g/mol. The topological polar surface area (TPSA) is 64.8 Å². The van der Waals surface area contributed by atoms with Crippen LogP contribution in [0.25, 0.3) is 0 Å². The van der Waals surface area contributed by atoms with Crippen molar-refractivity contribution in [2.45, 2.75) is 39.8 Å². The number of ether oxygens (including phenoxy) is 2. The van der Waals surface area contributed by atoms with E-state index in [2.05, 4.69) is 4.74 Å². The molecule has 2 N–H and O–H groups in total. The Bertz CT molecular complexity index is 540. The summed E-state index contributed by atoms with van der Waals surface area (Å²) in [5.41, 5.74) is 5.88. The van der Waals surface area contributed by atoms with Crippen LogP contribution in [0.5, 0.6) is 11.5 Å². The van der Waals surface area contributed by atoms with Gasteiger partial charge in [0, 0.05) is 20.1 Å². The van der Waals surface area contributed by atoms with Gasteiger partial charge in [-0.1, -0.05) is 19.9 Å². The fraction of sp³-hybridized carbons (Fsp3) is 0.588. The molecule has 0 aromatic heterocycles. The first-order valence-corrected chi connectivity index (χ1v) is 7.90. The lowest BCUT2D eigenvalue weighted by molar-refractivity contribution is -0.141. The Hall–Kier alpha value is -1.89. The molecule has 0 fully saturated rings. The molecular formula is C17H26F2N2O3. The van der Waals surface area contributed by atoms with E-state index in [1.54, 1.807) is 24.1 Å². The molecule has 24 heavy (non-hydrogen) atoms. The minimum absolute atomic E-state index is 0.0536. The maximum absolute atomic E-state index is 12.7. The van der Waals surface area contributed by atoms with Gasteiger partial charge in [-0.25, -0.2) is 0 Å². The molecule has 0 saturated carbocycles. The van der Waals surface area contributed by atoms with Crippen LogP contribution in [-0.2, 0) is 11.3 Å². The standard InChI is InChI=1S/C17H26F2N2O3/c1-5-17(6-2,11-20)15(22)21(3)10-12-7-8-13(23-4)14(9-12)24-16(18)19/h7-9,16H,5-6,10-11,20H2,1-4H3. The maximum Gasteiger partial charge on any atom is 0.387 e. The molecule has 0 radical (unpaired) electrons. The normalized spacial score (nSPS) is 11.5. The highest BCUT2D eigenvalue weighted by molar-refractivity contribution is 5.82. The van der Waals surface area contributed by atoms with E-state index in [9.17, 15) is 13.6 Å². The van der Waals surface area contributed by atoms with Crippen LogP contribution in [0.2, 0.25) is 0 Å². The SMILES string of the molecule is CCC(CC)(CN)C(=O)N(C)Cc1ccc(OC)c(OC(F)F)c1. The number of benzene rings is 1. The molecule has 136 valence electrons. The van der Waals surface area contributed by atoms with Crippen LogP contribution in [0.3, 0.4) is 0 Å². The molecule has 1 rings (SSSR count).